The van der Waals surface area contributed by atoms with Crippen molar-refractivity contribution in [1.82, 2.24) is 5.32 Å². The van der Waals surface area contributed by atoms with E-state index in [1.54, 1.807) is 37.3 Å². The quantitative estimate of drug-likeness (QED) is 0.552. The molecule has 2 aromatic carbocycles. The smallest absolute Gasteiger partial charge is 0.336 e. The number of para-hydroxylation sites is 1. The normalized spacial score (nSPS) is 10.6. The van der Waals surface area contributed by atoms with Gasteiger partial charge < -0.3 is 19.8 Å². The number of ether oxygens (including phenoxy) is 1. The first-order valence-electron chi connectivity index (χ1n) is 8.83. The van der Waals surface area contributed by atoms with Gasteiger partial charge in [0.15, 0.2) is 6.61 Å². The lowest BCUT2D eigenvalue weighted by atomic mass is 10.1. The van der Waals surface area contributed by atoms with Gasteiger partial charge in [0.1, 0.15) is 11.3 Å². The number of rotatable bonds is 6. The van der Waals surface area contributed by atoms with Gasteiger partial charge >= 0.3 is 5.63 Å². The molecule has 0 unspecified atom stereocenters. The molecule has 1 heterocycles. The molecule has 0 saturated carbocycles. The molecule has 0 aliphatic carbocycles. The van der Waals surface area contributed by atoms with Crippen LogP contribution in [0.5, 0.6) is 5.75 Å². The Morgan fingerprint density at radius 1 is 1.10 bits per heavy atom. The standard InChI is InChI=1S/C21H19BrN2O5/c1-12-9-20(27)29-21-13(2)17(8-7-14(12)21)28-11-19(26)23-10-18(25)24-16-6-4-3-5-15(16)22/h3-9H,10-11H2,1-2H3,(H,23,26)(H,24,25). The molecule has 0 atom stereocenters. The summed E-state index contributed by atoms with van der Waals surface area (Å²) in [6, 6.07) is 12.1. The average molecular weight is 459 g/mol. The van der Waals surface area contributed by atoms with E-state index in [0.717, 1.165) is 15.4 Å². The Morgan fingerprint density at radius 3 is 2.62 bits per heavy atom. The first-order chi connectivity index (χ1) is 13.8. The second-order valence-electron chi connectivity index (χ2n) is 6.41. The lowest BCUT2D eigenvalue weighted by Gasteiger charge is -2.12. The van der Waals surface area contributed by atoms with Crippen LogP contribution in [0.25, 0.3) is 11.0 Å². The van der Waals surface area contributed by atoms with Gasteiger partial charge in [-0.3, -0.25) is 9.59 Å². The van der Waals surface area contributed by atoms with E-state index in [1.165, 1.54) is 6.07 Å². The zero-order valence-electron chi connectivity index (χ0n) is 15.9. The van der Waals surface area contributed by atoms with Crippen LogP contribution < -0.4 is 21.0 Å². The number of carbonyl (C=O) groups is 2. The molecule has 0 bridgehead atoms. The number of carbonyl (C=O) groups excluding carboxylic acids is 2. The van der Waals surface area contributed by atoms with Crippen LogP contribution in [0.1, 0.15) is 11.1 Å². The topological polar surface area (TPSA) is 97.6 Å². The van der Waals surface area contributed by atoms with Gasteiger partial charge in [-0.05, 0) is 59.6 Å². The minimum Gasteiger partial charge on any atom is -0.483 e. The summed E-state index contributed by atoms with van der Waals surface area (Å²) in [4.78, 5) is 35.6. The van der Waals surface area contributed by atoms with Crippen molar-refractivity contribution in [3.63, 3.8) is 0 Å². The molecule has 2 N–H and O–H groups in total. The molecular weight excluding hydrogens is 440 g/mol. The Kier molecular flexibility index (Phi) is 6.33. The highest BCUT2D eigenvalue weighted by Crippen LogP contribution is 2.28. The largest absolute Gasteiger partial charge is 0.483 e. The van der Waals surface area contributed by atoms with Gasteiger partial charge in [0, 0.05) is 21.5 Å². The van der Waals surface area contributed by atoms with Crippen LogP contribution in [0.15, 0.2) is 56.1 Å². The van der Waals surface area contributed by atoms with Crippen molar-refractivity contribution in [2.24, 2.45) is 0 Å². The molecule has 3 aromatic rings. The number of benzene rings is 2. The number of hydrogen-bond donors (Lipinski definition) is 2. The molecule has 0 saturated heterocycles. The number of halogens is 1. The summed E-state index contributed by atoms with van der Waals surface area (Å²) in [6.07, 6.45) is 0. The second-order valence-corrected chi connectivity index (χ2v) is 7.26. The van der Waals surface area contributed by atoms with Crippen LogP contribution in [-0.2, 0) is 9.59 Å². The number of hydrogen-bond acceptors (Lipinski definition) is 5. The molecule has 1 aromatic heterocycles. The monoisotopic (exact) mass is 458 g/mol. The zero-order valence-corrected chi connectivity index (χ0v) is 17.5. The summed E-state index contributed by atoms with van der Waals surface area (Å²) in [7, 11) is 0. The third-order valence-corrected chi connectivity index (χ3v) is 4.96. The molecule has 0 fully saturated rings. The van der Waals surface area contributed by atoms with Gasteiger partial charge in [-0.2, -0.15) is 0 Å². The van der Waals surface area contributed by atoms with E-state index in [4.69, 9.17) is 9.15 Å². The zero-order chi connectivity index (χ0) is 21.0. The number of fused-ring (bicyclic) bond motifs is 1. The molecule has 2 amide bonds. The minimum atomic E-state index is -0.447. The van der Waals surface area contributed by atoms with Gasteiger partial charge in [-0.1, -0.05) is 12.1 Å². The molecule has 0 aliphatic heterocycles. The van der Waals surface area contributed by atoms with Crippen LogP contribution >= 0.6 is 15.9 Å². The SMILES string of the molecule is Cc1cc(=O)oc2c(C)c(OCC(=O)NCC(=O)Nc3ccccc3Br)ccc12. The van der Waals surface area contributed by atoms with Gasteiger partial charge in [-0.25, -0.2) is 4.79 Å². The predicted octanol–water partition coefficient (Wildman–Crippen LogP) is 3.31. The first kappa shape index (κ1) is 20.6. The van der Waals surface area contributed by atoms with Gasteiger partial charge in [0.2, 0.25) is 5.91 Å². The van der Waals surface area contributed by atoms with Crippen molar-refractivity contribution in [3.8, 4) is 5.75 Å². The Balaban J connectivity index is 1.57. The molecule has 8 heteroatoms. The summed E-state index contributed by atoms with van der Waals surface area (Å²) >= 11 is 3.34. The Bertz CT molecular complexity index is 1140. The highest BCUT2D eigenvalue weighted by atomic mass is 79.9. The van der Waals surface area contributed by atoms with Crippen molar-refractivity contribution in [2.75, 3.05) is 18.5 Å². The number of anilines is 1. The van der Waals surface area contributed by atoms with Gasteiger partial charge in [-0.15, -0.1) is 0 Å². The highest BCUT2D eigenvalue weighted by Gasteiger charge is 2.12. The fraction of sp³-hybridized carbons (Fsp3) is 0.190. The highest BCUT2D eigenvalue weighted by molar-refractivity contribution is 9.10. The third-order valence-electron chi connectivity index (χ3n) is 4.27. The molecular formula is C21H19BrN2O5. The third kappa shape index (κ3) is 5.03. The van der Waals surface area contributed by atoms with E-state index in [2.05, 4.69) is 26.6 Å². The predicted molar refractivity (Wildman–Crippen MR) is 113 cm³/mol. The van der Waals surface area contributed by atoms with Gasteiger partial charge in [0.05, 0.1) is 12.2 Å². The summed E-state index contributed by atoms with van der Waals surface area (Å²) in [5.74, 6) is -0.374. The molecule has 29 heavy (non-hydrogen) atoms. The maximum Gasteiger partial charge on any atom is 0.336 e. The summed E-state index contributed by atoms with van der Waals surface area (Å²) < 4.78 is 11.6. The average Bonchev–Trinajstić information content (AvgIpc) is 2.68. The van der Waals surface area contributed by atoms with Crippen molar-refractivity contribution in [3.05, 3.63) is 68.5 Å². The van der Waals surface area contributed by atoms with Crippen molar-refractivity contribution in [2.45, 2.75) is 13.8 Å². The molecule has 0 radical (unpaired) electrons. The van der Waals surface area contributed by atoms with Crippen molar-refractivity contribution >= 4 is 44.4 Å². The van der Waals surface area contributed by atoms with E-state index in [1.807, 2.05) is 13.0 Å². The summed E-state index contributed by atoms with van der Waals surface area (Å²) in [6.45, 7) is 3.12. The number of nitrogens with one attached hydrogen (secondary N) is 2. The van der Waals surface area contributed by atoms with E-state index in [-0.39, 0.29) is 19.1 Å². The van der Waals surface area contributed by atoms with E-state index in [9.17, 15) is 14.4 Å². The molecule has 0 aliphatic rings. The van der Waals surface area contributed by atoms with E-state index < -0.39 is 11.5 Å². The Hall–Kier alpha value is -3.13. The van der Waals surface area contributed by atoms with E-state index >= 15 is 0 Å². The molecule has 3 rings (SSSR count). The Morgan fingerprint density at radius 2 is 1.86 bits per heavy atom. The van der Waals surface area contributed by atoms with Crippen molar-refractivity contribution in [1.29, 1.82) is 0 Å². The summed E-state index contributed by atoms with van der Waals surface area (Å²) in [5, 5.41) is 6.01. The lowest BCUT2D eigenvalue weighted by molar-refractivity contribution is -0.125. The maximum absolute atomic E-state index is 12.0. The van der Waals surface area contributed by atoms with E-state index in [0.29, 0.717) is 22.6 Å². The fourth-order valence-electron chi connectivity index (χ4n) is 2.79. The van der Waals surface area contributed by atoms with Crippen LogP contribution in [0.2, 0.25) is 0 Å². The Labute approximate surface area is 175 Å². The molecule has 0 spiro atoms. The van der Waals surface area contributed by atoms with Crippen LogP contribution in [0, 0.1) is 13.8 Å². The van der Waals surface area contributed by atoms with Crippen LogP contribution in [0.4, 0.5) is 5.69 Å². The molecule has 150 valence electrons. The number of amides is 2. The maximum atomic E-state index is 12.0. The molecule has 7 nitrogen and oxygen atoms in total. The van der Waals surface area contributed by atoms with Crippen LogP contribution in [-0.4, -0.2) is 25.0 Å². The lowest BCUT2D eigenvalue weighted by Crippen LogP contribution is -2.35. The number of aryl methyl sites for hydroxylation is 2. The summed E-state index contributed by atoms with van der Waals surface area (Å²) in [5.41, 5.74) is 2.04. The van der Waals surface area contributed by atoms with Crippen LogP contribution in [0.3, 0.4) is 0 Å². The fourth-order valence-corrected chi connectivity index (χ4v) is 3.17. The second kappa shape index (κ2) is 8.91. The van der Waals surface area contributed by atoms with Gasteiger partial charge in [0.25, 0.3) is 5.91 Å². The van der Waals surface area contributed by atoms with Crippen molar-refractivity contribution < 1.29 is 18.7 Å². The first-order valence-corrected chi connectivity index (χ1v) is 9.62. The minimum absolute atomic E-state index is 0.186.